The van der Waals surface area contributed by atoms with Gasteiger partial charge in [0.1, 0.15) is 0 Å². The van der Waals surface area contributed by atoms with Gasteiger partial charge in [0.25, 0.3) is 0 Å². The Balaban J connectivity index is 0. The fourth-order valence-electron chi connectivity index (χ4n) is 1.97. The van der Waals surface area contributed by atoms with Crippen molar-refractivity contribution in [3.05, 3.63) is 0 Å². The average molecular weight is 245 g/mol. The fourth-order valence-corrected chi connectivity index (χ4v) is 1.97. The van der Waals surface area contributed by atoms with Crippen LogP contribution in [0.1, 0.15) is 46.0 Å². The van der Waals surface area contributed by atoms with E-state index in [4.69, 9.17) is 0 Å². The Morgan fingerprint density at radius 1 is 1.25 bits per heavy atom. The molecule has 1 aliphatic rings. The zero-order valence-corrected chi connectivity index (χ0v) is 11.1. The molecule has 1 aliphatic carbocycles. The third-order valence-corrected chi connectivity index (χ3v) is 2.30. The summed E-state index contributed by atoms with van der Waals surface area (Å²) in [6.45, 7) is 4.27. The van der Waals surface area contributed by atoms with Crippen LogP contribution >= 0.6 is 0 Å². The van der Waals surface area contributed by atoms with E-state index in [1.54, 1.807) is 0 Å². The first-order valence-electron chi connectivity index (χ1n) is 4.33. The van der Waals surface area contributed by atoms with E-state index in [0.29, 0.717) is 5.92 Å². The van der Waals surface area contributed by atoms with Crippen LogP contribution in [0.2, 0.25) is 0 Å². The first-order valence-corrected chi connectivity index (χ1v) is 4.33. The molecule has 0 aromatic carbocycles. The van der Waals surface area contributed by atoms with Crippen molar-refractivity contribution in [2.75, 3.05) is 0 Å². The van der Waals surface area contributed by atoms with Crippen molar-refractivity contribution in [3.63, 3.8) is 0 Å². The van der Waals surface area contributed by atoms with E-state index in [1.165, 1.54) is 0 Å². The van der Waals surface area contributed by atoms with Crippen molar-refractivity contribution in [3.8, 4) is 0 Å². The summed E-state index contributed by atoms with van der Waals surface area (Å²) in [4.78, 5) is 0. The van der Waals surface area contributed by atoms with Crippen molar-refractivity contribution in [1.82, 2.24) is 0 Å². The molecule has 0 heterocycles. The van der Waals surface area contributed by atoms with Gasteiger partial charge in [0.2, 0.25) is 0 Å². The molecule has 0 atom stereocenters. The Morgan fingerprint density at radius 2 is 1.67 bits per heavy atom. The van der Waals surface area contributed by atoms with Crippen molar-refractivity contribution >= 4 is 23.1 Å². The maximum Gasteiger partial charge on any atom is 2.00 e. The minimum absolute atomic E-state index is 0. The Bertz CT molecular complexity index is 111. The molecule has 0 unspecified atom stereocenters. The second-order valence-corrected chi connectivity index (χ2v) is 3.99. The summed E-state index contributed by atoms with van der Waals surface area (Å²) in [5.74, 6) is 0.579. The molecule has 3 heteroatoms. The fraction of sp³-hybridized carbons (Fsp3) is 1.00. The Labute approximate surface area is 102 Å². The van der Waals surface area contributed by atoms with Gasteiger partial charge in [0.15, 0.2) is 0 Å². The van der Waals surface area contributed by atoms with E-state index in [9.17, 15) is 5.11 Å². The molecule has 0 aromatic heterocycles. The van der Waals surface area contributed by atoms with Gasteiger partial charge in [-0.3, -0.25) is 0 Å². The molecule has 0 radical (unpaired) electrons. The van der Waals surface area contributed by atoms with Crippen molar-refractivity contribution in [2.45, 2.75) is 51.6 Å². The molecule has 0 N–H and O–H groups in total. The molecule has 0 bridgehead atoms. The standard InChI is InChI=1S/C9H17O.BrH.Mg/c1-8(2)7-9(10)5-3-4-6-9;;/h8H,3-7H2,1-2H3;1H;/q-1;;+2/p-1. The molecule has 0 aromatic rings. The van der Waals surface area contributed by atoms with Gasteiger partial charge in [-0.25, -0.2) is 0 Å². The molecule has 12 heavy (non-hydrogen) atoms. The van der Waals surface area contributed by atoms with Gasteiger partial charge in [0.05, 0.1) is 0 Å². The third kappa shape index (κ3) is 5.05. The average Bonchev–Trinajstić information content (AvgIpc) is 2.12. The summed E-state index contributed by atoms with van der Waals surface area (Å²) < 4.78 is 0. The topological polar surface area (TPSA) is 23.1 Å². The van der Waals surface area contributed by atoms with Crippen molar-refractivity contribution in [2.24, 2.45) is 5.92 Å². The summed E-state index contributed by atoms with van der Waals surface area (Å²) >= 11 is 0. The Kier molecular flexibility index (Phi) is 8.66. The van der Waals surface area contributed by atoms with E-state index >= 15 is 0 Å². The second-order valence-electron chi connectivity index (χ2n) is 3.99. The van der Waals surface area contributed by atoms with E-state index < -0.39 is 5.60 Å². The van der Waals surface area contributed by atoms with Gasteiger partial charge in [-0.05, 0) is 5.92 Å². The SMILES string of the molecule is CC(C)CC1([O-])CCCC1.[Br-].[Mg+2]. The predicted octanol–water partition coefficient (Wildman–Crippen LogP) is -1.67. The molecule has 1 fully saturated rings. The molecule has 1 saturated carbocycles. The van der Waals surface area contributed by atoms with Crippen LogP contribution in [-0.2, 0) is 0 Å². The minimum Gasteiger partial charge on any atom is -1.00 e. The van der Waals surface area contributed by atoms with Crippen LogP contribution in [0.4, 0.5) is 0 Å². The summed E-state index contributed by atoms with van der Waals surface area (Å²) in [6.07, 6.45) is 5.05. The zero-order valence-electron chi connectivity index (χ0n) is 8.11. The summed E-state index contributed by atoms with van der Waals surface area (Å²) in [6, 6.07) is 0. The van der Waals surface area contributed by atoms with Crippen LogP contribution in [0.15, 0.2) is 0 Å². The van der Waals surface area contributed by atoms with Crippen LogP contribution in [0.25, 0.3) is 0 Å². The molecular formula is C9H17BrMgO. The van der Waals surface area contributed by atoms with Crippen LogP contribution in [0.5, 0.6) is 0 Å². The first-order chi connectivity index (χ1) is 4.62. The quantitative estimate of drug-likeness (QED) is 0.534. The van der Waals surface area contributed by atoms with E-state index in [0.717, 1.165) is 32.1 Å². The second kappa shape index (κ2) is 6.63. The maximum absolute atomic E-state index is 11.7. The summed E-state index contributed by atoms with van der Waals surface area (Å²) in [7, 11) is 0. The molecular weight excluding hydrogens is 228 g/mol. The van der Waals surface area contributed by atoms with Crippen molar-refractivity contribution < 1.29 is 22.1 Å². The van der Waals surface area contributed by atoms with Crippen LogP contribution < -0.4 is 22.1 Å². The number of hydrogen-bond acceptors (Lipinski definition) is 1. The smallest absolute Gasteiger partial charge is 1.00 e. The first kappa shape index (κ1) is 15.7. The van der Waals surface area contributed by atoms with Gasteiger partial charge in [-0.2, -0.15) is 0 Å². The van der Waals surface area contributed by atoms with Gasteiger partial charge >= 0.3 is 23.1 Å². The Morgan fingerprint density at radius 3 is 2.00 bits per heavy atom. The van der Waals surface area contributed by atoms with Crippen LogP contribution in [0, 0.1) is 5.92 Å². The Hall–Kier alpha value is 1.21. The normalized spacial score (nSPS) is 20.0. The third-order valence-electron chi connectivity index (χ3n) is 2.30. The summed E-state index contributed by atoms with van der Waals surface area (Å²) in [5.41, 5.74) is -0.534. The zero-order chi connectivity index (χ0) is 7.61. The minimum atomic E-state index is -0.534. The van der Waals surface area contributed by atoms with Gasteiger partial charge < -0.3 is 22.1 Å². The van der Waals surface area contributed by atoms with E-state index in [2.05, 4.69) is 13.8 Å². The van der Waals surface area contributed by atoms with Gasteiger partial charge in [-0.15, -0.1) is 5.60 Å². The van der Waals surface area contributed by atoms with Crippen LogP contribution in [-0.4, -0.2) is 28.7 Å². The number of rotatable bonds is 2. The molecule has 0 aliphatic heterocycles. The monoisotopic (exact) mass is 244 g/mol. The van der Waals surface area contributed by atoms with E-state index in [1.807, 2.05) is 0 Å². The van der Waals surface area contributed by atoms with E-state index in [-0.39, 0.29) is 40.0 Å². The largest absolute Gasteiger partial charge is 2.00 e. The number of halogens is 1. The number of hydrogen-bond donors (Lipinski definition) is 0. The molecule has 1 rings (SSSR count). The van der Waals surface area contributed by atoms with Gasteiger partial charge in [0, 0.05) is 0 Å². The molecule has 0 saturated heterocycles. The summed E-state index contributed by atoms with van der Waals surface area (Å²) in [5, 5.41) is 11.7. The maximum atomic E-state index is 11.7. The molecule has 1 nitrogen and oxygen atoms in total. The van der Waals surface area contributed by atoms with Crippen LogP contribution in [0.3, 0.4) is 0 Å². The molecule has 0 amide bonds. The predicted molar refractivity (Wildman–Crippen MR) is 46.4 cm³/mol. The molecule has 0 spiro atoms. The molecule has 68 valence electrons. The van der Waals surface area contributed by atoms with Crippen molar-refractivity contribution in [1.29, 1.82) is 0 Å². The van der Waals surface area contributed by atoms with Gasteiger partial charge in [-0.1, -0.05) is 46.0 Å².